The van der Waals surface area contributed by atoms with Crippen molar-refractivity contribution in [3.05, 3.63) is 0 Å². The molecule has 10 heavy (non-hydrogen) atoms. The summed E-state index contributed by atoms with van der Waals surface area (Å²) >= 11 is 0. The molecule has 3 heteroatoms. The van der Waals surface area contributed by atoms with E-state index < -0.39 is 0 Å². The number of rotatable bonds is 3. The van der Waals surface area contributed by atoms with Gasteiger partial charge in [0.15, 0.2) is 0 Å². The van der Waals surface area contributed by atoms with Gasteiger partial charge < -0.3 is 10.8 Å². The summed E-state index contributed by atoms with van der Waals surface area (Å²) in [5.41, 5.74) is 5.57. The van der Waals surface area contributed by atoms with Gasteiger partial charge in [0.05, 0.1) is 6.10 Å². The number of halogens is 1. The van der Waals surface area contributed by atoms with Gasteiger partial charge in [0.1, 0.15) is 0 Å². The Morgan fingerprint density at radius 1 is 1.40 bits per heavy atom. The third-order valence-corrected chi connectivity index (χ3v) is 1.59. The Balaban J connectivity index is 0. The number of nitrogens with two attached hydrogens (primary N) is 1. The molecule has 0 aliphatic rings. The maximum Gasteiger partial charge on any atom is 0.0713 e. The molecule has 2 nitrogen and oxygen atoms in total. The second-order valence-electron chi connectivity index (χ2n) is 2.81. The summed E-state index contributed by atoms with van der Waals surface area (Å²) in [6, 6.07) is -0.0509. The lowest BCUT2D eigenvalue weighted by Gasteiger charge is -2.20. The molecule has 0 aromatic heterocycles. The van der Waals surface area contributed by atoms with Crippen molar-refractivity contribution in [2.75, 3.05) is 0 Å². The summed E-state index contributed by atoms with van der Waals surface area (Å²) < 4.78 is 0. The zero-order valence-corrected chi connectivity index (χ0v) is 7.69. The van der Waals surface area contributed by atoms with Gasteiger partial charge in [-0.25, -0.2) is 0 Å². The van der Waals surface area contributed by atoms with E-state index in [1.165, 1.54) is 0 Å². The highest BCUT2D eigenvalue weighted by Gasteiger charge is 2.15. The minimum Gasteiger partial charge on any atom is -0.391 e. The molecule has 0 aliphatic heterocycles. The number of aliphatic hydroxyl groups is 1. The molecule has 2 unspecified atom stereocenters. The lowest BCUT2D eigenvalue weighted by molar-refractivity contribution is 0.0964. The van der Waals surface area contributed by atoms with Crippen LogP contribution in [-0.2, 0) is 0 Å². The van der Waals surface area contributed by atoms with Gasteiger partial charge in [-0.3, -0.25) is 0 Å². The topological polar surface area (TPSA) is 46.2 Å². The molecule has 0 heterocycles. The van der Waals surface area contributed by atoms with Crippen molar-refractivity contribution in [2.45, 2.75) is 39.3 Å². The zero-order valence-electron chi connectivity index (χ0n) is 6.87. The van der Waals surface area contributed by atoms with Crippen molar-refractivity contribution in [3.8, 4) is 0 Å². The van der Waals surface area contributed by atoms with Crippen LogP contribution in [0.15, 0.2) is 0 Å². The fourth-order valence-electron chi connectivity index (χ4n) is 0.736. The largest absolute Gasteiger partial charge is 0.391 e. The van der Waals surface area contributed by atoms with Crippen LogP contribution in [0.4, 0.5) is 0 Å². The van der Waals surface area contributed by atoms with Crippen LogP contribution in [0.2, 0.25) is 0 Å². The summed E-state index contributed by atoms with van der Waals surface area (Å²) in [5, 5.41) is 9.27. The third kappa shape index (κ3) is 4.09. The van der Waals surface area contributed by atoms with E-state index in [0.717, 1.165) is 6.42 Å². The zero-order chi connectivity index (χ0) is 7.44. The molecule has 0 rings (SSSR count). The Bertz CT molecular complexity index is 78.0. The van der Waals surface area contributed by atoms with E-state index in [4.69, 9.17) is 5.73 Å². The monoisotopic (exact) mass is 167 g/mol. The molecule has 0 radical (unpaired) electrons. The molecule has 2 atom stereocenters. The molecule has 0 saturated carbocycles. The van der Waals surface area contributed by atoms with Gasteiger partial charge in [-0.15, -0.1) is 12.4 Å². The van der Waals surface area contributed by atoms with Crippen molar-refractivity contribution in [3.63, 3.8) is 0 Å². The third-order valence-electron chi connectivity index (χ3n) is 1.59. The highest BCUT2D eigenvalue weighted by Crippen LogP contribution is 2.05. The summed E-state index contributed by atoms with van der Waals surface area (Å²) in [5.74, 6) is 0.278. The van der Waals surface area contributed by atoms with Crippen LogP contribution in [-0.4, -0.2) is 17.3 Å². The van der Waals surface area contributed by atoms with Gasteiger partial charge in [0.2, 0.25) is 0 Å². The molecule has 0 saturated heterocycles. The fourth-order valence-corrected chi connectivity index (χ4v) is 0.736. The van der Waals surface area contributed by atoms with E-state index in [9.17, 15) is 5.11 Å². The summed E-state index contributed by atoms with van der Waals surface area (Å²) in [6.45, 7) is 5.93. The van der Waals surface area contributed by atoms with E-state index in [-0.39, 0.29) is 30.5 Å². The molecule has 0 aromatic rings. The van der Waals surface area contributed by atoms with E-state index in [2.05, 4.69) is 0 Å². The first kappa shape index (κ1) is 12.8. The first-order valence-electron chi connectivity index (χ1n) is 3.53. The van der Waals surface area contributed by atoms with Gasteiger partial charge in [-0.2, -0.15) is 0 Å². The van der Waals surface area contributed by atoms with E-state index in [0.29, 0.717) is 0 Å². The van der Waals surface area contributed by atoms with E-state index in [1.54, 1.807) is 0 Å². The highest BCUT2D eigenvalue weighted by molar-refractivity contribution is 5.85. The first-order valence-corrected chi connectivity index (χ1v) is 3.53. The second kappa shape index (κ2) is 5.96. The molecule has 0 aliphatic carbocycles. The summed E-state index contributed by atoms with van der Waals surface area (Å²) in [6.07, 6.45) is 0.509. The van der Waals surface area contributed by atoms with E-state index >= 15 is 0 Å². The van der Waals surface area contributed by atoms with Crippen molar-refractivity contribution in [1.82, 2.24) is 0 Å². The maximum atomic E-state index is 9.27. The molecular weight excluding hydrogens is 150 g/mol. The van der Waals surface area contributed by atoms with Crippen LogP contribution in [0, 0.1) is 5.92 Å². The molecule has 0 fully saturated rings. The van der Waals surface area contributed by atoms with Gasteiger partial charge in [-0.1, -0.05) is 20.8 Å². The normalized spacial score (nSPS) is 16.2. The van der Waals surface area contributed by atoms with Crippen LogP contribution in [0.1, 0.15) is 27.2 Å². The van der Waals surface area contributed by atoms with Crippen LogP contribution in [0.5, 0.6) is 0 Å². The Morgan fingerprint density at radius 2 is 1.80 bits per heavy atom. The lowest BCUT2D eigenvalue weighted by Crippen LogP contribution is -2.37. The van der Waals surface area contributed by atoms with Crippen LogP contribution < -0.4 is 5.73 Å². The van der Waals surface area contributed by atoms with Crippen molar-refractivity contribution in [1.29, 1.82) is 0 Å². The molecule has 64 valence electrons. The molecule has 0 amide bonds. The minimum atomic E-state index is -0.338. The Hall–Kier alpha value is 0.210. The Labute approximate surface area is 69.2 Å². The quantitative estimate of drug-likeness (QED) is 0.663. The molecule has 0 bridgehead atoms. The Morgan fingerprint density at radius 3 is 1.90 bits per heavy atom. The average molecular weight is 168 g/mol. The highest BCUT2D eigenvalue weighted by atomic mass is 35.5. The SMILES string of the molecule is CCC(N)C(O)C(C)C.Cl. The number of hydrogen-bond acceptors (Lipinski definition) is 2. The summed E-state index contributed by atoms with van der Waals surface area (Å²) in [7, 11) is 0. The van der Waals surface area contributed by atoms with Crippen LogP contribution in [0.3, 0.4) is 0 Å². The molecule has 3 N–H and O–H groups in total. The Kier molecular flexibility index (Phi) is 7.65. The van der Waals surface area contributed by atoms with Gasteiger partial charge in [0, 0.05) is 6.04 Å². The lowest BCUT2D eigenvalue weighted by atomic mass is 9.99. The van der Waals surface area contributed by atoms with Gasteiger partial charge in [0.25, 0.3) is 0 Å². The van der Waals surface area contributed by atoms with Gasteiger partial charge >= 0.3 is 0 Å². The van der Waals surface area contributed by atoms with Crippen molar-refractivity contribution in [2.24, 2.45) is 11.7 Å². The minimum absolute atomic E-state index is 0. The predicted octanol–water partition coefficient (Wildman–Crippen LogP) is 1.16. The average Bonchev–Trinajstić information content (AvgIpc) is 1.84. The maximum absolute atomic E-state index is 9.27. The van der Waals surface area contributed by atoms with Crippen molar-refractivity contribution >= 4 is 12.4 Å². The predicted molar refractivity (Wildman–Crippen MR) is 46.4 cm³/mol. The van der Waals surface area contributed by atoms with Crippen molar-refractivity contribution < 1.29 is 5.11 Å². The summed E-state index contributed by atoms with van der Waals surface area (Å²) in [4.78, 5) is 0. The van der Waals surface area contributed by atoms with Crippen LogP contribution in [0.25, 0.3) is 0 Å². The first-order chi connectivity index (χ1) is 4.09. The van der Waals surface area contributed by atoms with Crippen LogP contribution >= 0.6 is 12.4 Å². The number of aliphatic hydroxyl groups excluding tert-OH is 1. The fraction of sp³-hybridized carbons (Fsp3) is 1.00. The molecule has 0 aromatic carbocycles. The number of hydrogen-bond donors (Lipinski definition) is 2. The van der Waals surface area contributed by atoms with Gasteiger partial charge in [-0.05, 0) is 12.3 Å². The smallest absolute Gasteiger partial charge is 0.0713 e. The standard InChI is InChI=1S/C7H17NO.ClH/c1-4-6(8)7(9)5(2)3;/h5-7,9H,4,8H2,1-3H3;1H. The molecular formula is C7H18ClNO. The molecule has 0 spiro atoms. The second-order valence-corrected chi connectivity index (χ2v) is 2.81. The van der Waals surface area contributed by atoms with E-state index in [1.807, 2.05) is 20.8 Å².